The standard InChI is InChI=1S/C15H30N2O/c1-16-14-3-5-15(6-4-14)17(2)10-7-13-8-11-18-12-9-13/h13-16H,3-12H2,1-2H3. The zero-order valence-corrected chi connectivity index (χ0v) is 12.2. The molecule has 1 aliphatic heterocycles. The van der Waals surface area contributed by atoms with Crippen LogP contribution in [0.2, 0.25) is 0 Å². The van der Waals surface area contributed by atoms with Gasteiger partial charge in [-0.25, -0.2) is 0 Å². The van der Waals surface area contributed by atoms with Crippen LogP contribution in [0.4, 0.5) is 0 Å². The van der Waals surface area contributed by atoms with E-state index in [4.69, 9.17) is 4.74 Å². The molecule has 18 heavy (non-hydrogen) atoms. The fourth-order valence-electron chi connectivity index (χ4n) is 3.41. The summed E-state index contributed by atoms with van der Waals surface area (Å²) < 4.78 is 5.43. The van der Waals surface area contributed by atoms with Crippen molar-refractivity contribution in [3.63, 3.8) is 0 Å². The monoisotopic (exact) mass is 254 g/mol. The van der Waals surface area contributed by atoms with Gasteiger partial charge in [-0.2, -0.15) is 0 Å². The normalized spacial score (nSPS) is 30.8. The summed E-state index contributed by atoms with van der Waals surface area (Å²) in [4.78, 5) is 2.61. The van der Waals surface area contributed by atoms with Crippen molar-refractivity contribution in [2.45, 2.75) is 57.0 Å². The number of rotatable bonds is 5. The van der Waals surface area contributed by atoms with E-state index in [0.717, 1.165) is 31.2 Å². The second kappa shape index (κ2) is 7.46. The minimum Gasteiger partial charge on any atom is -0.381 e. The maximum atomic E-state index is 5.43. The molecule has 106 valence electrons. The molecule has 0 atom stereocenters. The molecule has 2 rings (SSSR count). The van der Waals surface area contributed by atoms with Gasteiger partial charge in [-0.05, 0) is 71.5 Å². The Morgan fingerprint density at radius 2 is 1.72 bits per heavy atom. The molecule has 0 bridgehead atoms. The molecule has 3 heteroatoms. The fraction of sp³-hybridized carbons (Fsp3) is 1.00. The maximum Gasteiger partial charge on any atom is 0.0468 e. The highest BCUT2D eigenvalue weighted by Gasteiger charge is 2.23. The predicted molar refractivity (Wildman–Crippen MR) is 75.9 cm³/mol. The van der Waals surface area contributed by atoms with Gasteiger partial charge in [0, 0.05) is 25.3 Å². The van der Waals surface area contributed by atoms with Crippen LogP contribution in [0.5, 0.6) is 0 Å². The van der Waals surface area contributed by atoms with E-state index in [1.165, 1.54) is 51.5 Å². The highest BCUT2D eigenvalue weighted by molar-refractivity contribution is 4.81. The number of hydrogen-bond donors (Lipinski definition) is 1. The van der Waals surface area contributed by atoms with Gasteiger partial charge in [0.05, 0.1) is 0 Å². The fourth-order valence-corrected chi connectivity index (χ4v) is 3.41. The molecule has 0 spiro atoms. The summed E-state index contributed by atoms with van der Waals surface area (Å²) >= 11 is 0. The molecule has 3 nitrogen and oxygen atoms in total. The van der Waals surface area contributed by atoms with Crippen LogP contribution in [0.25, 0.3) is 0 Å². The van der Waals surface area contributed by atoms with Crippen molar-refractivity contribution < 1.29 is 4.74 Å². The summed E-state index contributed by atoms with van der Waals surface area (Å²) in [7, 11) is 4.42. The Morgan fingerprint density at radius 3 is 2.33 bits per heavy atom. The molecular weight excluding hydrogens is 224 g/mol. The summed E-state index contributed by atoms with van der Waals surface area (Å²) in [5, 5.41) is 3.41. The third-order valence-electron chi connectivity index (χ3n) is 4.96. The minimum atomic E-state index is 0.769. The Kier molecular flexibility index (Phi) is 5.93. The molecule has 1 N–H and O–H groups in total. The van der Waals surface area contributed by atoms with Crippen molar-refractivity contribution in [3.8, 4) is 0 Å². The van der Waals surface area contributed by atoms with E-state index in [1.807, 2.05) is 0 Å². The third-order valence-corrected chi connectivity index (χ3v) is 4.96. The Labute approximate surface area is 112 Å². The van der Waals surface area contributed by atoms with Gasteiger partial charge in [-0.3, -0.25) is 0 Å². The highest BCUT2D eigenvalue weighted by Crippen LogP contribution is 2.24. The van der Waals surface area contributed by atoms with Crippen LogP contribution in [0.1, 0.15) is 44.9 Å². The topological polar surface area (TPSA) is 24.5 Å². The van der Waals surface area contributed by atoms with Crippen molar-refractivity contribution in [1.29, 1.82) is 0 Å². The third kappa shape index (κ3) is 4.22. The summed E-state index contributed by atoms with van der Waals surface area (Å²) in [6.07, 6.45) is 9.36. The van der Waals surface area contributed by atoms with Crippen molar-refractivity contribution in [1.82, 2.24) is 10.2 Å². The number of hydrogen-bond acceptors (Lipinski definition) is 3. The van der Waals surface area contributed by atoms with Crippen molar-refractivity contribution in [3.05, 3.63) is 0 Å². The second-order valence-corrected chi connectivity index (χ2v) is 6.12. The first-order valence-electron chi connectivity index (χ1n) is 7.75. The van der Waals surface area contributed by atoms with Gasteiger partial charge in [0.2, 0.25) is 0 Å². The molecule has 0 aromatic carbocycles. The van der Waals surface area contributed by atoms with Crippen LogP contribution in [0, 0.1) is 5.92 Å². The van der Waals surface area contributed by atoms with Crippen LogP contribution in [0.3, 0.4) is 0 Å². The van der Waals surface area contributed by atoms with Crippen LogP contribution in [-0.4, -0.2) is 50.8 Å². The van der Waals surface area contributed by atoms with Gasteiger partial charge < -0.3 is 15.0 Å². The van der Waals surface area contributed by atoms with E-state index >= 15 is 0 Å². The van der Waals surface area contributed by atoms with E-state index in [0.29, 0.717) is 0 Å². The molecule has 2 aliphatic rings. The molecular formula is C15H30N2O. The second-order valence-electron chi connectivity index (χ2n) is 6.12. The zero-order valence-electron chi connectivity index (χ0n) is 12.2. The molecule has 0 aromatic heterocycles. The first kappa shape index (κ1) is 14.3. The van der Waals surface area contributed by atoms with E-state index < -0.39 is 0 Å². The van der Waals surface area contributed by atoms with Gasteiger partial charge in [-0.1, -0.05) is 0 Å². The quantitative estimate of drug-likeness (QED) is 0.814. The molecule has 1 aliphatic carbocycles. The van der Waals surface area contributed by atoms with Crippen LogP contribution < -0.4 is 5.32 Å². The largest absolute Gasteiger partial charge is 0.381 e. The lowest BCUT2D eigenvalue weighted by atomic mass is 9.90. The first-order chi connectivity index (χ1) is 8.79. The smallest absolute Gasteiger partial charge is 0.0468 e. The van der Waals surface area contributed by atoms with Gasteiger partial charge in [0.15, 0.2) is 0 Å². The molecule has 1 saturated carbocycles. The predicted octanol–water partition coefficient (Wildman–Crippen LogP) is 2.27. The van der Waals surface area contributed by atoms with Crippen molar-refractivity contribution >= 4 is 0 Å². The first-order valence-corrected chi connectivity index (χ1v) is 7.75. The summed E-state index contributed by atoms with van der Waals surface area (Å²) in [5.41, 5.74) is 0. The molecule has 2 fully saturated rings. The highest BCUT2D eigenvalue weighted by atomic mass is 16.5. The van der Waals surface area contributed by atoms with Crippen LogP contribution in [-0.2, 0) is 4.74 Å². The van der Waals surface area contributed by atoms with Gasteiger partial charge in [-0.15, -0.1) is 0 Å². The summed E-state index contributed by atoms with van der Waals surface area (Å²) in [6, 6.07) is 1.60. The lowest BCUT2D eigenvalue weighted by Crippen LogP contribution is -2.40. The average molecular weight is 254 g/mol. The van der Waals surface area contributed by atoms with E-state index in [1.54, 1.807) is 0 Å². The van der Waals surface area contributed by atoms with Crippen LogP contribution in [0.15, 0.2) is 0 Å². The van der Waals surface area contributed by atoms with Crippen LogP contribution >= 0.6 is 0 Å². The van der Waals surface area contributed by atoms with Gasteiger partial charge >= 0.3 is 0 Å². The summed E-state index contributed by atoms with van der Waals surface area (Å²) in [6.45, 7) is 3.25. The van der Waals surface area contributed by atoms with E-state index in [2.05, 4.69) is 24.3 Å². The molecule has 1 saturated heterocycles. The Balaban J connectivity index is 1.63. The lowest BCUT2D eigenvalue weighted by Gasteiger charge is -2.35. The van der Waals surface area contributed by atoms with Crippen molar-refractivity contribution in [2.75, 3.05) is 33.9 Å². The van der Waals surface area contributed by atoms with E-state index in [9.17, 15) is 0 Å². The number of nitrogens with zero attached hydrogens (tertiary/aromatic N) is 1. The number of nitrogens with one attached hydrogen (secondary N) is 1. The SMILES string of the molecule is CNC1CCC(N(C)CCC2CCOCC2)CC1. The molecule has 0 unspecified atom stereocenters. The molecule has 0 amide bonds. The molecule has 0 aromatic rings. The average Bonchev–Trinajstić information content (AvgIpc) is 2.46. The Hall–Kier alpha value is -0.120. The Bertz CT molecular complexity index is 221. The zero-order chi connectivity index (χ0) is 12.8. The minimum absolute atomic E-state index is 0.769. The maximum absolute atomic E-state index is 5.43. The van der Waals surface area contributed by atoms with Gasteiger partial charge in [0.1, 0.15) is 0 Å². The van der Waals surface area contributed by atoms with Gasteiger partial charge in [0.25, 0.3) is 0 Å². The molecule has 1 heterocycles. The number of ether oxygens (including phenoxy) is 1. The summed E-state index contributed by atoms with van der Waals surface area (Å²) in [5.74, 6) is 0.912. The molecule has 0 radical (unpaired) electrons. The van der Waals surface area contributed by atoms with E-state index in [-0.39, 0.29) is 0 Å². The lowest BCUT2D eigenvalue weighted by molar-refractivity contribution is 0.0580. The van der Waals surface area contributed by atoms with Crippen molar-refractivity contribution in [2.24, 2.45) is 5.92 Å². The Morgan fingerprint density at radius 1 is 1.06 bits per heavy atom.